The van der Waals surface area contributed by atoms with Gasteiger partial charge in [-0.1, -0.05) is 12.1 Å². The highest BCUT2D eigenvalue weighted by atomic mass is 32.1. The summed E-state index contributed by atoms with van der Waals surface area (Å²) >= 11 is 3.00. The Morgan fingerprint density at radius 1 is 1.16 bits per heavy atom. The van der Waals surface area contributed by atoms with E-state index in [-0.39, 0.29) is 12.3 Å². The highest BCUT2D eigenvalue weighted by molar-refractivity contribution is 7.26. The van der Waals surface area contributed by atoms with E-state index in [2.05, 4.69) is 10.3 Å². The van der Waals surface area contributed by atoms with Crippen LogP contribution in [0, 0.1) is 0 Å². The predicted molar refractivity (Wildman–Crippen MR) is 101 cm³/mol. The summed E-state index contributed by atoms with van der Waals surface area (Å²) in [6, 6.07) is 11.6. The molecule has 7 heteroatoms. The standard InChI is InChI=1S/C18H18N2O3S2/c1-18(2,10-9-15(21)22)20-16(23)13-7-8-14(24-13)17-19-11-5-3-4-6-12(11)25-17/h3-8H,9-10H2,1-2H3,(H,20,23)(H,21,22). The van der Waals surface area contributed by atoms with Gasteiger partial charge < -0.3 is 10.4 Å². The first-order valence-electron chi connectivity index (χ1n) is 7.84. The van der Waals surface area contributed by atoms with Crippen molar-refractivity contribution in [1.29, 1.82) is 0 Å². The molecule has 1 amide bonds. The van der Waals surface area contributed by atoms with Crippen molar-refractivity contribution >= 4 is 44.8 Å². The number of hydrogen-bond donors (Lipinski definition) is 2. The first-order chi connectivity index (χ1) is 11.8. The molecule has 25 heavy (non-hydrogen) atoms. The lowest BCUT2D eigenvalue weighted by atomic mass is 9.98. The van der Waals surface area contributed by atoms with E-state index in [0.29, 0.717) is 11.3 Å². The quantitative estimate of drug-likeness (QED) is 0.670. The highest BCUT2D eigenvalue weighted by Gasteiger charge is 2.23. The molecule has 2 heterocycles. The third-order valence-electron chi connectivity index (χ3n) is 3.75. The van der Waals surface area contributed by atoms with E-state index in [1.54, 1.807) is 17.4 Å². The van der Waals surface area contributed by atoms with Crippen LogP contribution in [0.4, 0.5) is 0 Å². The van der Waals surface area contributed by atoms with E-state index in [0.717, 1.165) is 20.1 Å². The second-order valence-electron chi connectivity index (χ2n) is 6.38. The molecule has 0 aliphatic carbocycles. The van der Waals surface area contributed by atoms with Gasteiger partial charge in [-0.25, -0.2) is 4.98 Å². The molecule has 0 atom stereocenters. The van der Waals surface area contributed by atoms with Gasteiger partial charge in [-0.2, -0.15) is 0 Å². The van der Waals surface area contributed by atoms with Crippen molar-refractivity contribution in [3.8, 4) is 9.88 Å². The number of rotatable bonds is 6. The first kappa shape index (κ1) is 17.6. The highest BCUT2D eigenvalue weighted by Crippen LogP contribution is 2.34. The predicted octanol–water partition coefficient (Wildman–Crippen LogP) is 4.40. The second kappa shape index (κ2) is 6.93. The van der Waals surface area contributed by atoms with Gasteiger partial charge in [-0.05, 0) is 44.5 Å². The van der Waals surface area contributed by atoms with Crippen LogP contribution < -0.4 is 5.32 Å². The Labute approximate surface area is 153 Å². The molecule has 0 aliphatic rings. The molecular formula is C18H18N2O3S2. The number of fused-ring (bicyclic) bond motifs is 1. The van der Waals surface area contributed by atoms with Crippen LogP contribution in [0.2, 0.25) is 0 Å². The number of amides is 1. The van der Waals surface area contributed by atoms with Gasteiger partial charge in [0.05, 0.1) is 20.0 Å². The van der Waals surface area contributed by atoms with E-state index in [9.17, 15) is 9.59 Å². The molecule has 2 aromatic heterocycles. The van der Waals surface area contributed by atoms with Crippen molar-refractivity contribution in [3.05, 3.63) is 41.3 Å². The van der Waals surface area contributed by atoms with Gasteiger partial charge in [0.25, 0.3) is 5.91 Å². The summed E-state index contributed by atoms with van der Waals surface area (Å²) in [4.78, 5) is 29.3. The molecule has 0 bridgehead atoms. The van der Waals surface area contributed by atoms with Crippen LogP contribution in [0.3, 0.4) is 0 Å². The van der Waals surface area contributed by atoms with E-state index in [1.165, 1.54) is 11.3 Å². The topological polar surface area (TPSA) is 79.3 Å². The molecule has 3 rings (SSSR count). The number of para-hydroxylation sites is 1. The monoisotopic (exact) mass is 374 g/mol. The minimum Gasteiger partial charge on any atom is -0.481 e. The normalized spacial score (nSPS) is 11.6. The number of benzene rings is 1. The average Bonchev–Trinajstić information content (AvgIpc) is 3.19. The maximum Gasteiger partial charge on any atom is 0.303 e. The summed E-state index contributed by atoms with van der Waals surface area (Å²) in [5.74, 6) is -1.05. The van der Waals surface area contributed by atoms with Crippen LogP contribution in [0.15, 0.2) is 36.4 Å². The third kappa shape index (κ3) is 4.24. The molecule has 0 unspecified atom stereocenters. The lowest BCUT2D eigenvalue weighted by molar-refractivity contribution is -0.137. The Morgan fingerprint density at radius 2 is 1.92 bits per heavy atom. The van der Waals surface area contributed by atoms with E-state index in [4.69, 9.17) is 5.11 Å². The van der Waals surface area contributed by atoms with Crippen LogP contribution in [0.25, 0.3) is 20.1 Å². The molecule has 5 nitrogen and oxygen atoms in total. The summed E-state index contributed by atoms with van der Waals surface area (Å²) in [7, 11) is 0. The summed E-state index contributed by atoms with van der Waals surface area (Å²) in [5.41, 5.74) is 0.381. The molecule has 0 saturated carbocycles. The molecule has 0 saturated heterocycles. The summed E-state index contributed by atoms with van der Waals surface area (Å²) in [6.07, 6.45) is 0.402. The van der Waals surface area contributed by atoms with Crippen LogP contribution in [-0.2, 0) is 4.79 Å². The zero-order valence-electron chi connectivity index (χ0n) is 13.9. The number of carbonyl (C=O) groups is 2. The minimum atomic E-state index is -0.864. The van der Waals surface area contributed by atoms with Crippen molar-refractivity contribution in [3.63, 3.8) is 0 Å². The Morgan fingerprint density at radius 3 is 2.64 bits per heavy atom. The van der Waals surface area contributed by atoms with E-state index >= 15 is 0 Å². The molecule has 130 valence electrons. The Bertz CT molecular complexity index is 894. The van der Waals surface area contributed by atoms with Gasteiger partial charge in [-0.15, -0.1) is 22.7 Å². The minimum absolute atomic E-state index is 0.0225. The average molecular weight is 374 g/mol. The van der Waals surface area contributed by atoms with Crippen LogP contribution in [0.1, 0.15) is 36.4 Å². The number of aromatic nitrogens is 1. The maximum atomic E-state index is 12.5. The SMILES string of the molecule is CC(C)(CCC(=O)O)NC(=O)c1ccc(-c2nc3ccccc3s2)s1. The smallest absolute Gasteiger partial charge is 0.303 e. The van der Waals surface area contributed by atoms with Gasteiger partial charge in [-0.3, -0.25) is 9.59 Å². The number of hydrogen-bond acceptors (Lipinski definition) is 5. The van der Waals surface area contributed by atoms with Crippen molar-refractivity contribution in [2.75, 3.05) is 0 Å². The lowest BCUT2D eigenvalue weighted by Crippen LogP contribution is -2.43. The van der Waals surface area contributed by atoms with Crippen molar-refractivity contribution < 1.29 is 14.7 Å². The molecule has 0 aliphatic heterocycles. The number of nitrogens with one attached hydrogen (secondary N) is 1. The number of carboxylic acid groups (broad SMARTS) is 1. The fourth-order valence-electron chi connectivity index (χ4n) is 2.40. The number of nitrogens with zero attached hydrogens (tertiary/aromatic N) is 1. The van der Waals surface area contributed by atoms with Crippen LogP contribution in [0.5, 0.6) is 0 Å². The summed E-state index contributed by atoms with van der Waals surface area (Å²) < 4.78 is 1.12. The second-order valence-corrected chi connectivity index (χ2v) is 8.50. The van der Waals surface area contributed by atoms with Gasteiger partial charge in [0, 0.05) is 12.0 Å². The fourth-order valence-corrected chi connectivity index (χ4v) is 4.32. The van der Waals surface area contributed by atoms with E-state index < -0.39 is 11.5 Å². The maximum absolute atomic E-state index is 12.5. The largest absolute Gasteiger partial charge is 0.481 e. The number of carbonyl (C=O) groups excluding carboxylic acids is 1. The zero-order chi connectivity index (χ0) is 18.0. The molecule has 0 spiro atoms. The molecule has 0 radical (unpaired) electrons. The third-order valence-corrected chi connectivity index (χ3v) is 6.04. The Balaban J connectivity index is 1.74. The van der Waals surface area contributed by atoms with Crippen LogP contribution >= 0.6 is 22.7 Å². The van der Waals surface area contributed by atoms with Crippen molar-refractivity contribution in [1.82, 2.24) is 10.3 Å². The Kier molecular flexibility index (Phi) is 4.87. The molecule has 2 N–H and O–H groups in total. The number of thiophene rings is 1. The number of carboxylic acids is 1. The first-order valence-corrected chi connectivity index (χ1v) is 9.47. The fraction of sp³-hybridized carbons (Fsp3) is 0.278. The molecule has 1 aromatic carbocycles. The summed E-state index contributed by atoms with van der Waals surface area (Å²) in [5, 5.41) is 12.6. The molecular weight excluding hydrogens is 356 g/mol. The number of aliphatic carboxylic acids is 1. The number of thiazole rings is 1. The van der Waals surface area contributed by atoms with Gasteiger partial charge in [0.15, 0.2) is 0 Å². The summed E-state index contributed by atoms with van der Waals surface area (Å²) in [6.45, 7) is 3.66. The Hall–Kier alpha value is -2.25. The van der Waals surface area contributed by atoms with Crippen molar-refractivity contribution in [2.45, 2.75) is 32.2 Å². The lowest BCUT2D eigenvalue weighted by Gasteiger charge is -2.25. The molecule has 0 fully saturated rings. The molecule has 3 aromatic rings. The van der Waals surface area contributed by atoms with E-state index in [1.807, 2.05) is 44.2 Å². The van der Waals surface area contributed by atoms with Gasteiger partial charge >= 0.3 is 5.97 Å². The van der Waals surface area contributed by atoms with Gasteiger partial charge in [0.2, 0.25) is 0 Å². The van der Waals surface area contributed by atoms with Gasteiger partial charge in [0.1, 0.15) is 5.01 Å². The zero-order valence-corrected chi connectivity index (χ0v) is 15.5. The van der Waals surface area contributed by atoms with Crippen LogP contribution in [-0.4, -0.2) is 27.5 Å². The van der Waals surface area contributed by atoms with Crippen molar-refractivity contribution in [2.24, 2.45) is 0 Å².